The van der Waals surface area contributed by atoms with Crippen LogP contribution in [0.1, 0.15) is 39.5 Å². The molecule has 2 N–H and O–H groups in total. The number of aromatic nitrogens is 1. The van der Waals surface area contributed by atoms with Crippen molar-refractivity contribution in [3.05, 3.63) is 18.3 Å². The molecule has 0 radical (unpaired) electrons. The molecule has 0 bridgehead atoms. The van der Waals surface area contributed by atoms with E-state index in [9.17, 15) is 5.11 Å². The van der Waals surface area contributed by atoms with Crippen molar-refractivity contribution in [1.29, 1.82) is 0 Å². The maximum absolute atomic E-state index is 9.50. The number of hydrogen-bond donors (Lipinski definition) is 2. The van der Waals surface area contributed by atoms with Gasteiger partial charge in [-0.1, -0.05) is 0 Å². The van der Waals surface area contributed by atoms with Gasteiger partial charge in [-0.25, -0.2) is 4.98 Å². The summed E-state index contributed by atoms with van der Waals surface area (Å²) in [4.78, 5) is 4.27. The first-order valence-electron chi connectivity index (χ1n) is 6.71. The fourth-order valence-corrected chi connectivity index (χ4v) is 2.26. The van der Waals surface area contributed by atoms with Crippen molar-refractivity contribution in [2.75, 3.05) is 5.32 Å². The zero-order valence-corrected chi connectivity index (χ0v) is 11.1. The first-order valence-corrected chi connectivity index (χ1v) is 6.71. The molecule has 100 valence electrons. The monoisotopic (exact) mass is 250 g/mol. The highest BCUT2D eigenvalue weighted by Gasteiger charge is 2.20. The molecule has 0 aliphatic heterocycles. The van der Waals surface area contributed by atoms with Crippen LogP contribution in [0.25, 0.3) is 0 Å². The topological polar surface area (TPSA) is 54.4 Å². The highest BCUT2D eigenvalue weighted by atomic mass is 16.5. The average molecular weight is 250 g/mol. The average Bonchev–Trinajstić information content (AvgIpc) is 2.34. The number of hydrogen-bond acceptors (Lipinski definition) is 4. The van der Waals surface area contributed by atoms with Gasteiger partial charge in [-0.15, -0.1) is 0 Å². The largest absolute Gasteiger partial charge is 0.473 e. The lowest BCUT2D eigenvalue weighted by atomic mass is 9.93. The minimum absolute atomic E-state index is 0.119. The number of aliphatic hydroxyl groups is 1. The van der Waals surface area contributed by atoms with Crippen LogP contribution in [-0.4, -0.2) is 28.3 Å². The third-order valence-corrected chi connectivity index (χ3v) is 3.17. The number of aliphatic hydroxyl groups excluding tert-OH is 1. The number of ether oxygens (including phenoxy) is 1. The summed E-state index contributed by atoms with van der Waals surface area (Å²) in [6, 6.07) is 4.32. The molecular weight excluding hydrogens is 228 g/mol. The summed E-state index contributed by atoms with van der Waals surface area (Å²) in [5.41, 5.74) is 0.951. The van der Waals surface area contributed by atoms with Gasteiger partial charge in [-0.3, -0.25) is 0 Å². The van der Waals surface area contributed by atoms with E-state index in [1.807, 2.05) is 26.0 Å². The molecule has 0 spiro atoms. The summed E-state index contributed by atoms with van der Waals surface area (Å²) in [7, 11) is 0. The van der Waals surface area contributed by atoms with Gasteiger partial charge in [0.05, 0.1) is 17.9 Å². The molecule has 1 aliphatic rings. The smallest absolute Gasteiger partial charge is 0.237 e. The van der Waals surface area contributed by atoms with Crippen molar-refractivity contribution in [2.45, 2.75) is 57.8 Å². The molecule has 2 rings (SSSR count). The van der Waals surface area contributed by atoms with Gasteiger partial charge in [0.1, 0.15) is 0 Å². The summed E-state index contributed by atoms with van der Waals surface area (Å²) in [6.07, 6.45) is 5.48. The normalized spacial score (nSPS) is 24.0. The Balaban J connectivity index is 2.00. The van der Waals surface area contributed by atoms with Crippen LogP contribution in [0.3, 0.4) is 0 Å². The van der Waals surface area contributed by atoms with Gasteiger partial charge in [0.2, 0.25) is 5.88 Å². The number of pyridine rings is 1. The third kappa shape index (κ3) is 3.60. The molecule has 1 heterocycles. The second-order valence-corrected chi connectivity index (χ2v) is 5.17. The summed E-state index contributed by atoms with van der Waals surface area (Å²) in [5.74, 6) is 0.665. The predicted octanol–water partition coefficient (Wildman–Crippen LogP) is 2.58. The van der Waals surface area contributed by atoms with E-state index < -0.39 is 0 Å². The van der Waals surface area contributed by atoms with Crippen LogP contribution in [0.15, 0.2) is 18.3 Å². The van der Waals surface area contributed by atoms with Crippen molar-refractivity contribution < 1.29 is 9.84 Å². The molecular formula is C14H22N2O2. The van der Waals surface area contributed by atoms with E-state index in [1.54, 1.807) is 6.20 Å². The maximum Gasteiger partial charge on any atom is 0.237 e. The van der Waals surface area contributed by atoms with Crippen LogP contribution in [0, 0.1) is 0 Å². The Kier molecular flexibility index (Phi) is 4.42. The SMILES string of the molecule is CC(C)Oc1ncccc1NC1CCC(O)CC1. The van der Waals surface area contributed by atoms with E-state index >= 15 is 0 Å². The van der Waals surface area contributed by atoms with Gasteiger partial charge in [0, 0.05) is 12.2 Å². The molecule has 4 heteroatoms. The molecule has 1 aromatic rings. The lowest BCUT2D eigenvalue weighted by Gasteiger charge is -2.27. The summed E-state index contributed by atoms with van der Waals surface area (Å²) >= 11 is 0. The Morgan fingerprint density at radius 2 is 2.06 bits per heavy atom. The molecule has 0 unspecified atom stereocenters. The molecule has 4 nitrogen and oxygen atoms in total. The summed E-state index contributed by atoms with van der Waals surface area (Å²) < 4.78 is 5.68. The Bertz CT molecular complexity index is 374. The molecule has 1 fully saturated rings. The Hall–Kier alpha value is -1.29. The minimum Gasteiger partial charge on any atom is -0.473 e. The molecule has 1 aliphatic carbocycles. The first-order chi connectivity index (χ1) is 8.65. The number of anilines is 1. The van der Waals surface area contributed by atoms with Crippen molar-refractivity contribution in [1.82, 2.24) is 4.98 Å². The van der Waals surface area contributed by atoms with E-state index in [4.69, 9.17) is 4.74 Å². The van der Waals surface area contributed by atoms with Crippen molar-refractivity contribution >= 4 is 5.69 Å². The fourth-order valence-electron chi connectivity index (χ4n) is 2.26. The van der Waals surface area contributed by atoms with Crippen molar-refractivity contribution in [3.8, 4) is 5.88 Å². The fraction of sp³-hybridized carbons (Fsp3) is 0.643. The van der Waals surface area contributed by atoms with Crippen LogP contribution in [-0.2, 0) is 0 Å². The van der Waals surface area contributed by atoms with Crippen LogP contribution >= 0.6 is 0 Å². The highest BCUT2D eigenvalue weighted by molar-refractivity contribution is 5.52. The second-order valence-electron chi connectivity index (χ2n) is 5.17. The van der Waals surface area contributed by atoms with Gasteiger partial charge >= 0.3 is 0 Å². The second kappa shape index (κ2) is 6.05. The van der Waals surface area contributed by atoms with Gasteiger partial charge in [0.15, 0.2) is 0 Å². The molecule has 0 aromatic carbocycles. The van der Waals surface area contributed by atoms with Gasteiger partial charge in [-0.05, 0) is 51.7 Å². The zero-order valence-electron chi connectivity index (χ0n) is 11.1. The predicted molar refractivity (Wildman–Crippen MR) is 71.9 cm³/mol. The van der Waals surface area contributed by atoms with Gasteiger partial charge in [0.25, 0.3) is 0 Å². The van der Waals surface area contributed by atoms with E-state index in [0.29, 0.717) is 11.9 Å². The first kappa shape index (κ1) is 13.1. The number of rotatable bonds is 4. The molecule has 0 saturated heterocycles. The molecule has 0 atom stereocenters. The summed E-state index contributed by atoms with van der Waals surface area (Å²) in [5, 5.41) is 13.0. The summed E-state index contributed by atoms with van der Waals surface area (Å²) in [6.45, 7) is 3.99. The van der Waals surface area contributed by atoms with Gasteiger partial charge < -0.3 is 15.2 Å². The Labute approximate surface area is 108 Å². The highest BCUT2D eigenvalue weighted by Crippen LogP contribution is 2.27. The number of nitrogens with one attached hydrogen (secondary N) is 1. The number of nitrogens with zero attached hydrogens (tertiary/aromatic N) is 1. The van der Waals surface area contributed by atoms with Crippen LogP contribution < -0.4 is 10.1 Å². The quantitative estimate of drug-likeness (QED) is 0.862. The van der Waals surface area contributed by atoms with Crippen LogP contribution in [0.5, 0.6) is 5.88 Å². The zero-order chi connectivity index (χ0) is 13.0. The lowest BCUT2D eigenvalue weighted by molar-refractivity contribution is 0.126. The lowest BCUT2D eigenvalue weighted by Crippen LogP contribution is -2.28. The van der Waals surface area contributed by atoms with E-state index in [2.05, 4.69) is 10.3 Å². The van der Waals surface area contributed by atoms with Gasteiger partial charge in [-0.2, -0.15) is 0 Å². The molecule has 1 aromatic heterocycles. The van der Waals surface area contributed by atoms with Crippen LogP contribution in [0.2, 0.25) is 0 Å². The molecule has 1 saturated carbocycles. The Morgan fingerprint density at radius 3 is 2.72 bits per heavy atom. The minimum atomic E-state index is -0.122. The third-order valence-electron chi connectivity index (χ3n) is 3.17. The van der Waals surface area contributed by atoms with E-state index in [0.717, 1.165) is 31.4 Å². The maximum atomic E-state index is 9.50. The standard InChI is InChI=1S/C14H22N2O2/c1-10(2)18-14-13(4-3-9-15-14)16-11-5-7-12(17)8-6-11/h3-4,9-12,16-17H,5-8H2,1-2H3. The molecule has 0 amide bonds. The molecule has 18 heavy (non-hydrogen) atoms. The van der Waals surface area contributed by atoms with E-state index in [-0.39, 0.29) is 12.2 Å². The van der Waals surface area contributed by atoms with E-state index in [1.165, 1.54) is 0 Å². The van der Waals surface area contributed by atoms with Crippen molar-refractivity contribution in [2.24, 2.45) is 0 Å². The van der Waals surface area contributed by atoms with Crippen LogP contribution in [0.4, 0.5) is 5.69 Å². The van der Waals surface area contributed by atoms with Crippen molar-refractivity contribution in [3.63, 3.8) is 0 Å². The Morgan fingerprint density at radius 1 is 1.33 bits per heavy atom.